The van der Waals surface area contributed by atoms with Crippen LogP contribution in [0.5, 0.6) is 0 Å². The summed E-state index contributed by atoms with van der Waals surface area (Å²) in [4.78, 5) is 14.2. The van der Waals surface area contributed by atoms with Gasteiger partial charge < -0.3 is 14.8 Å². The number of nitrogens with one attached hydrogen (secondary N) is 1. The molecule has 0 atom stereocenters. The van der Waals surface area contributed by atoms with E-state index in [-0.39, 0.29) is 18.2 Å². The second-order valence-electron chi connectivity index (χ2n) is 8.20. The van der Waals surface area contributed by atoms with Crippen molar-refractivity contribution in [2.24, 2.45) is 0 Å². The molecule has 2 aliphatic rings. The van der Waals surface area contributed by atoms with E-state index < -0.39 is 5.60 Å². The Hall–Kier alpha value is -2.01. The predicted molar refractivity (Wildman–Crippen MR) is 102 cm³/mol. The highest BCUT2D eigenvalue weighted by Gasteiger charge is 2.33. The number of nitrogens with zero attached hydrogens (tertiary/aromatic N) is 1. The summed E-state index contributed by atoms with van der Waals surface area (Å²) in [5, 5.41) is 2.91. The molecule has 0 saturated heterocycles. The molecule has 5 heteroatoms. The van der Waals surface area contributed by atoms with Gasteiger partial charge in [0.15, 0.2) is 0 Å². The molecule has 1 aromatic rings. The quantitative estimate of drug-likeness (QED) is 0.869. The fourth-order valence-corrected chi connectivity index (χ4v) is 3.25. The van der Waals surface area contributed by atoms with Gasteiger partial charge in [-0.15, -0.1) is 0 Å². The lowest BCUT2D eigenvalue weighted by molar-refractivity contribution is 0.00816. The molecule has 5 nitrogen and oxygen atoms in total. The van der Waals surface area contributed by atoms with Crippen LogP contribution in [-0.4, -0.2) is 41.8 Å². The lowest BCUT2D eigenvalue weighted by Gasteiger charge is -2.37. The minimum atomic E-state index is -0.456. The number of hydrogen-bond acceptors (Lipinski definition) is 4. The van der Waals surface area contributed by atoms with E-state index >= 15 is 0 Å². The van der Waals surface area contributed by atoms with E-state index in [1.165, 1.54) is 5.56 Å². The first-order chi connectivity index (χ1) is 12.4. The molecule has 0 unspecified atom stereocenters. The van der Waals surface area contributed by atoms with Crippen molar-refractivity contribution in [2.75, 3.05) is 13.1 Å². The standard InChI is InChI=1S/C21H30N2O3/c1-21(2,3)26-20(24)22-17-13-19(14-17)25-18-9-11-23(12-10-18)15-16-7-5-4-6-8-16/h4-9,17,19H,10-15H2,1-3H3,(H,22,24)/t17-,19-. The summed E-state index contributed by atoms with van der Waals surface area (Å²) in [6.07, 6.45) is 4.72. The third kappa shape index (κ3) is 5.77. The smallest absolute Gasteiger partial charge is 0.407 e. The molecule has 0 aromatic heterocycles. The molecular formula is C21H30N2O3. The molecule has 3 rings (SSSR count). The number of carbonyl (C=O) groups excluding carboxylic acids is 1. The zero-order chi connectivity index (χ0) is 18.6. The van der Waals surface area contributed by atoms with Crippen LogP contribution < -0.4 is 5.32 Å². The van der Waals surface area contributed by atoms with Crippen LogP contribution in [0.25, 0.3) is 0 Å². The number of amides is 1. The maximum Gasteiger partial charge on any atom is 0.407 e. The van der Waals surface area contributed by atoms with Gasteiger partial charge in [0.25, 0.3) is 0 Å². The minimum Gasteiger partial charge on any atom is -0.495 e. The first-order valence-electron chi connectivity index (χ1n) is 9.49. The summed E-state index contributed by atoms with van der Waals surface area (Å²) >= 11 is 0. The van der Waals surface area contributed by atoms with Gasteiger partial charge in [-0.1, -0.05) is 30.3 Å². The van der Waals surface area contributed by atoms with Gasteiger partial charge in [-0.3, -0.25) is 4.90 Å². The molecule has 1 saturated carbocycles. The average molecular weight is 358 g/mol. The Bertz CT molecular complexity index is 630. The largest absolute Gasteiger partial charge is 0.495 e. The molecule has 142 valence electrons. The fraction of sp³-hybridized carbons (Fsp3) is 0.571. The van der Waals surface area contributed by atoms with Gasteiger partial charge in [-0.25, -0.2) is 4.79 Å². The molecule has 0 spiro atoms. The van der Waals surface area contributed by atoms with Gasteiger partial charge in [-0.2, -0.15) is 0 Å². The number of rotatable bonds is 5. The topological polar surface area (TPSA) is 50.8 Å². The zero-order valence-corrected chi connectivity index (χ0v) is 16.0. The summed E-state index contributed by atoms with van der Waals surface area (Å²) in [6.45, 7) is 8.54. The second-order valence-corrected chi connectivity index (χ2v) is 8.20. The van der Waals surface area contributed by atoms with Crippen molar-refractivity contribution in [2.45, 2.75) is 64.3 Å². The number of ether oxygens (including phenoxy) is 2. The van der Waals surface area contributed by atoms with Crippen LogP contribution in [0.3, 0.4) is 0 Å². The highest BCUT2D eigenvalue weighted by molar-refractivity contribution is 5.68. The Morgan fingerprint density at radius 2 is 1.96 bits per heavy atom. The van der Waals surface area contributed by atoms with Crippen LogP contribution in [0.1, 0.15) is 45.6 Å². The molecule has 1 fully saturated rings. The van der Waals surface area contributed by atoms with E-state index in [4.69, 9.17) is 9.47 Å². The van der Waals surface area contributed by atoms with Crippen molar-refractivity contribution in [1.82, 2.24) is 10.2 Å². The SMILES string of the molecule is CC(C)(C)OC(=O)N[C@H]1C[C@H](OC2=CCN(Cc3ccccc3)CC2)C1. The van der Waals surface area contributed by atoms with Gasteiger partial charge in [0.05, 0.1) is 5.76 Å². The Morgan fingerprint density at radius 3 is 2.58 bits per heavy atom. The lowest BCUT2D eigenvalue weighted by atomic mass is 9.89. The van der Waals surface area contributed by atoms with Gasteiger partial charge >= 0.3 is 6.09 Å². The number of carbonyl (C=O) groups is 1. The van der Waals surface area contributed by atoms with Crippen LogP contribution in [0.4, 0.5) is 4.79 Å². The van der Waals surface area contributed by atoms with E-state index in [1.54, 1.807) is 0 Å². The zero-order valence-electron chi connectivity index (χ0n) is 16.0. The van der Waals surface area contributed by atoms with E-state index in [2.05, 4.69) is 46.6 Å². The van der Waals surface area contributed by atoms with E-state index in [0.717, 1.165) is 44.7 Å². The van der Waals surface area contributed by atoms with Crippen LogP contribution >= 0.6 is 0 Å². The summed E-state index contributed by atoms with van der Waals surface area (Å²) in [5.41, 5.74) is 0.891. The molecule has 1 N–H and O–H groups in total. The monoisotopic (exact) mass is 358 g/mol. The summed E-state index contributed by atoms with van der Waals surface area (Å²) in [7, 11) is 0. The maximum absolute atomic E-state index is 11.8. The van der Waals surface area contributed by atoms with Crippen LogP contribution in [0, 0.1) is 0 Å². The molecular weight excluding hydrogens is 328 g/mol. The predicted octanol–water partition coefficient (Wildman–Crippen LogP) is 3.85. The third-order valence-electron chi connectivity index (χ3n) is 4.63. The first-order valence-corrected chi connectivity index (χ1v) is 9.49. The van der Waals surface area contributed by atoms with Gasteiger partial charge in [0.2, 0.25) is 0 Å². The van der Waals surface area contributed by atoms with Crippen molar-refractivity contribution in [3.63, 3.8) is 0 Å². The van der Waals surface area contributed by atoms with Gasteiger partial charge in [0.1, 0.15) is 11.7 Å². The molecule has 0 radical (unpaired) electrons. The summed E-state index contributed by atoms with van der Waals surface area (Å²) in [6, 6.07) is 10.7. The average Bonchev–Trinajstić information content (AvgIpc) is 2.54. The lowest BCUT2D eigenvalue weighted by Crippen LogP contribution is -2.49. The highest BCUT2D eigenvalue weighted by Crippen LogP contribution is 2.28. The molecule has 1 amide bonds. The Labute approximate surface area is 156 Å². The highest BCUT2D eigenvalue weighted by atomic mass is 16.6. The fourth-order valence-electron chi connectivity index (χ4n) is 3.25. The molecule has 1 heterocycles. The van der Waals surface area contributed by atoms with Crippen molar-refractivity contribution < 1.29 is 14.3 Å². The van der Waals surface area contributed by atoms with Gasteiger partial charge in [-0.05, 0) is 32.4 Å². The van der Waals surface area contributed by atoms with Crippen LogP contribution in [0.2, 0.25) is 0 Å². The Morgan fingerprint density at radius 1 is 1.23 bits per heavy atom. The number of alkyl carbamates (subject to hydrolysis) is 1. The Kier molecular flexibility index (Phi) is 5.87. The molecule has 1 aliphatic carbocycles. The molecule has 1 aromatic carbocycles. The number of hydrogen-bond donors (Lipinski definition) is 1. The normalized spacial score (nSPS) is 23.6. The van der Waals surface area contributed by atoms with Gasteiger partial charge in [0, 0.05) is 44.9 Å². The molecule has 26 heavy (non-hydrogen) atoms. The second kappa shape index (κ2) is 8.12. The summed E-state index contributed by atoms with van der Waals surface area (Å²) in [5.74, 6) is 1.09. The van der Waals surface area contributed by atoms with Crippen LogP contribution in [0.15, 0.2) is 42.2 Å². The van der Waals surface area contributed by atoms with Crippen LogP contribution in [-0.2, 0) is 16.0 Å². The van der Waals surface area contributed by atoms with E-state index in [9.17, 15) is 4.79 Å². The molecule has 1 aliphatic heterocycles. The van der Waals surface area contributed by atoms with E-state index in [0.29, 0.717) is 0 Å². The summed E-state index contributed by atoms with van der Waals surface area (Å²) < 4.78 is 11.4. The minimum absolute atomic E-state index is 0.161. The van der Waals surface area contributed by atoms with Crippen molar-refractivity contribution in [1.29, 1.82) is 0 Å². The maximum atomic E-state index is 11.8. The number of benzene rings is 1. The molecule has 0 bridgehead atoms. The van der Waals surface area contributed by atoms with Crippen molar-refractivity contribution in [3.8, 4) is 0 Å². The van der Waals surface area contributed by atoms with E-state index in [1.807, 2.05) is 20.8 Å². The van der Waals surface area contributed by atoms with Crippen molar-refractivity contribution in [3.05, 3.63) is 47.7 Å². The first kappa shape index (κ1) is 18.8. The third-order valence-corrected chi connectivity index (χ3v) is 4.63. The van der Waals surface area contributed by atoms with Crippen molar-refractivity contribution >= 4 is 6.09 Å². The Balaban J connectivity index is 1.35.